The Labute approximate surface area is 108 Å². The number of carbonyl (C=O) groups is 1. The van der Waals surface area contributed by atoms with Gasteiger partial charge in [-0.15, -0.1) is 0 Å². The van der Waals surface area contributed by atoms with E-state index >= 15 is 0 Å². The molecule has 0 aliphatic heterocycles. The van der Waals surface area contributed by atoms with Gasteiger partial charge in [0.2, 0.25) is 0 Å². The quantitative estimate of drug-likeness (QED) is 0.442. The number of terminal acetylenes is 1. The molecule has 0 aromatic carbocycles. The number of rotatable bonds is 5. The second-order valence-electron chi connectivity index (χ2n) is 4.89. The van der Waals surface area contributed by atoms with Crippen molar-refractivity contribution in [3.05, 3.63) is 11.8 Å². The SMILES string of the molecule is C#CN/C=C(\C)COC(=O)C1(C(C)O)CCCC1. The van der Waals surface area contributed by atoms with Crippen molar-refractivity contribution in [3.63, 3.8) is 0 Å². The van der Waals surface area contributed by atoms with Crippen LogP contribution < -0.4 is 5.32 Å². The molecule has 1 aliphatic rings. The maximum Gasteiger partial charge on any atom is 0.315 e. The lowest BCUT2D eigenvalue weighted by atomic mass is 9.81. The van der Waals surface area contributed by atoms with Gasteiger partial charge in [-0.3, -0.25) is 4.79 Å². The van der Waals surface area contributed by atoms with Gasteiger partial charge in [0.15, 0.2) is 0 Å². The molecule has 1 aliphatic carbocycles. The average molecular weight is 251 g/mol. The number of aliphatic hydroxyl groups excluding tert-OH is 1. The molecular weight excluding hydrogens is 230 g/mol. The summed E-state index contributed by atoms with van der Waals surface area (Å²) in [7, 11) is 0. The molecule has 4 heteroatoms. The van der Waals surface area contributed by atoms with Gasteiger partial charge in [0.1, 0.15) is 6.61 Å². The maximum atomic E-state index is 12.1. The van der Waals surface area contributed by atoms with Crippen LogP contribution in [0.25, 0.3) is 0 Å². The highest BCUT2D eigenvalue weighted by Gasteiger charge is 2.46. The molecule has 0 bridgehead atoms. The molecule has 2 N–H and O–H groups in total. The zero-order valence-corrected chi connectivity index (χ0v) is 11.0. The summed E-state index contributed by atoms with van der Waals surface area (Å²) >= 11 is 0. The number of esters is 1. The first-order chi connectivity index (χ1) is 8.53. The topological polar surface area (TPSA) is 58.6 Å². The van der Waals surface area contributed by atoms with Gasteiger partial charge in [-0.05, 0) is 32.3 Å². The molecule has 18 heavy (non-hydrogen) atoms. The van der Waals surface area contributed by atoms with Gasteiger partial charge in [-0.25, -0.2) is 0 Å². The van der Waals surface area contributed by atoms with E-state index in [-0.39, 0.29) is 12.6 Å². The molecule has 4 nitrogen and oxygen atoms in total. The van der Waals surface area contributed by atoms with Crippen LogP contribution >= 0.6 is 0 Å². The van der Waals surface area contributed by atoms with Crippen molar-refractivity contribution in [2.45, 2.75) is 45.6 Å². The molecule has 100 valence electrons. The summed E-state index contributed by atoms with van der Waals surface area (Å²) in [4.78, 5) is 12.1. The normalized spacial score (nSPS) is 20.0. The number of nitrogens with one attached hydrogen (secondary N) is 1. The van der Waals surface area contributed by atoms with Crippen LogP contribution in [0.5, 0.6) is 0 Å². The zero-order chi connectivity index (χ0) is 13.6. The third-order valence-electron chi connectivity index (χ3n) is 3.53. The fourth-order valence-corrected chi connectivity index (χ4v) is 2.33. The molecule has 0 saturated heterocycles. The second kappa shape index (κ2) is 6.46. The molecule has 0 aromatic rings. The Kier molecular flexibility index (Phi) is 5.24. The van der Waals surface area contributed by atoms with Crippen molar-refractivity contribution < 1.29 is 14.6 Å². The molecule has 0 aromatic heterocycles. The molecule has 1 rings (SSSR count). The smallest absolute Gasteiger partial charge is 0.315 e. The van der Waals surface area contributed by atoms with E-state index in [0.717, 1.165) is 18.4 Å². The Hall–Kier alpha value is -1.47. The Morgan fingerprint density at radius 2 is 2.22 bits per heavy atom. The van der Waals surface area contributed by atoms with Crippen LogP contribution in [-0.4, -0.2) is 23.8 Å². The summed E-state index contributed by atoms with van der Waals surface area (Å²) in [6, 6.07) is 2.26. The Bertz CT molecular complexity index is 360. The minimum atomic E-state index is -0.709. The van der Waals surface area contributed by atoms with Gasteiger partial charge in [0, 0.05) is 12.2 Å². The minimum absolute atomic E-state index is 0.196. The number of aliphatic hydroxyl groups is 1. The van der Waals surface area contributed by atoms with E-state index in [0.29, 0.717) is 12.8 Å². The van der Waals surface area contributed by atoms with Crippen LogP contribution in [0.1, 0.15) is 39.5 Å². The summed E-state index contributed by atoms with van der Waals surface area (Å²) in [5.74, 6) is -0.302. The predicted molar refractivity (Wildman–Crippen MR) is 69.3 cm³/mol. The van der Waals surface area contributed by atoms with Crippen LogP contribution in [-0.2, 0) is 9.53 Å². The van der Waals surface area contributed by atoms with E-state index in [9.17, 15) is 9.90 Å². The van der Waals surface area contributed by atoms with Crippen LogP contribution in [0.2, 0.25) is 0 Å². The van der Waals surface area contributed by atoms with Gasteiger partial charge < -0.3 is 15.2 Å². The van der Waals surface area contributed by atoms with Crippen LogP contribution in [0.3, 0.4) is 0 Å². The first-order valence-corrected chi connectivity index (χ1v) is 6.25. The van der Waals surface area contributed by atoms with Crippen LogP contribution in [0, 0.1) is 17.9 Å². The molecule has 1 atom stereocenters. The molecule has 1 unspecified atom stereocenters. The van der Waals surface area contributed by atoms with Gasteiger partial charge >= 0.3 is 5.97 Å². The number of hydrogen-bond donors (Lipinski definition) is 2. The van der Waals surface area contributed by atoms with Gasteiger partial charge in [-0.1, -0.05) is 19.3 Å². The largest absolute Gasteiger partial charge is 0.461 e. The summed E-state index contributed by atoms with van der Waals surface area (Å²) in [5.41, 5.74) is 0.125. The monoisotopic (exact) mass is 251 g/mol. The first-order valence-electron chi connectivity index (χ1n) is 6.25. The number of hydrogen-bond acceptors (Lipinski definition) is 4. The lowest BCUT2D eigenvalue weighted by molar-refractivity contribution is -0.161. The standard InChI is InChI=1S/C14H21NO3/c1-4-15-9-11(2)10-18-13(17)14(12(3)16)7-5-6-8-14/h1,9,12,15-16H,5-8,10H2,2-3H3/b11-9+. The van der Waals surface area contributed by atoms with Crippen molar-refractivity contribution in [1.29, 1.82) is 0 Å². The third-order valence-corrected chi connectivity index (χ3v) is 3.53. The molecule has 1 fully saturated rings. The second-order valence-corrected chi connectivity index (χ2v) is 4.89. The highest BCUT2D eigenvalue weighted by atomic mass is 16.5. The highest BCUT2D eigenvalue weighted by Crippen LogP contribution is 2.42. The van der Waals surface area contributed by atoms with Crippen LogP contribution in [0.4, 0.5) is 0 Å². The molecular formula is C14H21NO3. The lowest BCUT2D eigenvalue weighted by Gasteiger charge is -2.29. The first kappa shape index (κ1) is 14.6. The van der Waals surface area contributed by atoms with Crippen molar-refractivity contribution in [2.24, 2.45) is 5.41 Å². The average Bonchev–Trinajstić information content (AvgIpc) is 2.83. The summed E-state index contributed by atoms with van der Waals surface area (Å²) in [6.45, 7) is 3.68. The van der Waals surface area contributed by atoms with Crippen molar-refractivity contribution in [3.8, 4) is 12.5 Å². The predicted octanol–water partition coefficient (Wildman–Crippen LogP) is 1.55. The van der Waals surface area contributed by atoms with E-state index in [4.69, 9.17) is 11.2 Å². The highest BCUT2D eigenvalue weighted by molar-refractivity contribution is 5.78. The maximum absolute atomic E-state index is 12.1. The van der Waals surface area contributed by atoms with Gasteiger partial charge in [0.25, 0.3) is 0 Å². The third kappa shape index (κ3) is 3.27. The van der Waals surface area contributed by atoms with Crippen LogP contribution in [0.15, 0.2) is 11.8 Å². The molecule has 0 amide bonds. The summed E-state index contributed by atoms with van der Waals surface area (Å²) in [6.07, 6.45) is 9.34. The molecule has 1 saturated carbocycles. The Morgan fingerprint density at radius 3 is 2.72 bits per heavy atom. The lowest BCUT2D eigenvalue weighted by Crippen LogP contribution is -2.40. The number of ether oxygens (including phenoxy) is 1. The van der Waals surface area contributed by atoms with Crippen molar-refractivity contribution in [1.82, 2.24) is 5.32 Å². The molecule has 0 spiro atoms. The van der Waals surface area contributed by atoms with Crippen molar-refractivity contribution in [2.75, 3.05) is 6.61 Å². The summed E-state index contributed by atoms with van der Waals surface area (Å²) < 4.78 is 5.27. The summed E-state index contributed by atoms with van der Waals surface area (Å²) in [5, 5.41) is 12.4. The Morgan fingerprint density at radius 1 is 1.61 bits per heavy atom. The fourth-order valence-electron chi connectivity index (χ4n) is 2.33. The van der Waals surface area contributed by atoms with E-state index in [2.05, 4.69) is 11.4 Å². The Balaban J connectivity index is 2.56. The van der Waals surface area contributed by atoms with Gasteiger partial charge in [-0.2, -0.15) is 0 Å². The van der Waals surface area contributed by atoms with E-state index < -0.39 is 11.5 Å². The number of carbonyl (C=O) groups excluding carboxylic acids is 1. The molecule has 0 radical (unpaired) electrons. The van der Waals surface area contributed by atoms with Crippen molar-refractivity contribution >= 4 is 5.97 Å². The molecule has 0 heterocycles. The van der Waals surface area contributed by atoms with E-state index in [1.165, 1.54) is 0 Å². The minimum Gasteiger partial charge on any atom is -0.461 e. The van der Waals surface area contributed by atoms with E-state index in [1.54, 1.807) is 13.1 Å². The van der Waals surface area contributed by atoms with E-state index in [1.807, 2.05) is 6.92 Å². The van der Waals surface area contributed by atoms with Gasteiger partial charge in [0.05, 0.1) is 11.5 Å². The fraction of sp³-hybridized carbons (Fsp3) is 0.643. The zero-order valence-electron chi connectivity index (χ0n) is 11.0.